The molecule has 0 aliphatic carbocycles. The Morgan fingerprint density at radius 1 is 0.411 bits per heavy atom. The van der Waals surface area contributed by atoms with Gasteiger partial charge >= 0.3 is 0 Å². The molecule has 12 atom stereocenters. The van der Waals surface area contributed by atoms with Crippen LogP contribution in [0.1, 0.15) is 245 Å². The molecule has 0 aromatic heterocycles. The number of carbonyl (C=O) groups is 1. The van der Waals surface area contributed by atoms with Gasteiger partial charge in [0.15, 0.2) is 12.6 Å². The molecule has 0 aromatic carbocycles. The maximum Gasteiger partial charge on any atom is 0.220 e. The van der Waals surface area contributed by atoms with E-state index in [-0.39, 0.29) is 18.9 Å². The van der Waals surface area contributed by atoms with E-state index in [4.69, 9.17) is 18.9 Å². The van der Waals surface area contributed by atoms with Crippen molar-refractivity contribution in [2.75, 3.05) is 19.8 Å². The van der Waals surface area contributed by atoms with Gasteiger partial charge in [-0.3, -0.25) is 4.79 Å². The minimum absolute atomic E-state index is 0.258. The van der Waals surface area contributed by atoms with Gasteiger partial charge in [0.2, 0.25) is 5.91 Å². The van der Waals surface area contributed by atoms with Crippen molar-refractivity contribution >= 4 is 5.91 Å². The Labute approximate surface area is 545 Å². The first-order valence-electron chi connectivity index (χ1n) is 35.4. The van der Waals surface area contributed by atoms with Crippen molar-refractivity contribution < 1.29 is 64.6 Å². The van der Waals surface area contributed by atoms with E-state index in [1.165, 1.54) is 109 Å². The summed E-state index contributed by atoms with van der Waals surface area (Å²) < 4.78 is 22.8. The monoisotopic (exact) mass is 1260 g/mol. The Morgan fingerprint density at radius 3 is 1.22 bits per heavy atom. The smallest absolute Gasteiger partial charge is 0.220 e. The van der Waals surface area contributed by atoms with E-state index >= 15 is 0 Å². The molecule has 9 N–H and O–H groups in total. The third-order valence-corrected chi connectivity index (χ3v) is 16.3. The summed E-state index contributed by atoms with van der Waals surface area (Å²) >= 11 is 0. The van der Waals surface area contributed by atoms with Crippen molar-refractivity contribution in [2.45, 2.75) is 319 Å². The van der Waals surface area contributed by atoms with Crippen molar-refractivity contribution in [3.05, 3.63) is 134 Å². The average Bonchev–Trinajstić information content (AvgIpc) is 1.58. The van der Waals surface area contributed by atoms with E-state index in [2.05, 4.69) is 141 Å². The van der Waals surface area contributed by atoms with Crippen LogP contribution in [0.2, 0.25) is 0 Å². The Morgan fingerprint density at radius 2 is 0.778 bits per heavy atom. The van der Waals surface area contributed by atoms with E-state index in [0.717, 1.165) is 103 Å². The first kappa shape index (κ1) is 82.2. The lowest BCUT2D eigenvalue weighted by atomic mass is 9.97. The Hall–Kier alpha value is -3.87. The molecule has 0 radical (unpaired) electrons. The lowest BCUT2D eigenvalue weighted by Crippen LogP contribution is -2.65. The van der Waals surface area contributed by atoms with Crippen LogP contribution in [-0.2, 0) is 23.7 Å². The van der Waals surface area contributed by atoms with Crippen molar-refractivity contribution in [1.29, 1.82) is 0 Å². The van der Waals surface area contributed by atoms with Crippen molar-refractivity contribution in [1.82, 2.24) is 5.32 Å². The average molecular weight is 1260 g/mol. The molecule has 0 saturated carbocycles. The molecule has 0 aromatic rings. The number of carbonyl (C=O) groups excluding carboxylic acids is 1. The Balaban J connectivity index is 1.67. The van der Waals surface area contributed by atoms with E-state index in [0.29, 0.717) is 12.8 Å². The Bertz CT molecular complexity index is 2020. The van der Waals surface area contributed by atoms with Gasteiger partial charge in [0.25, 0.3) is 0 Å². The fourth-order valence-corrected chi connectivity index (χ4v) is 10.7. The molecule has 90 heavy (non-hydrogen) atoms. The highest BCUT2D eigenvalue weighted by Crippen LogP contribution is 2.30. The lowest BCUT2D eigenvalue weighted by Gasteiger charge is -2.46. The molecular formula is C76H127NO13. The quantitative estimate of drug-likeness (QED) is 0.0204. The van der Waals surface area contributed by atoms with Gasteiger partial charge in [0.05, 0.1) is 32.0 Å². The molecule has 0 bridgehead atoms. The zero-order valence-corrected chi connectivity index (χ0v) is 55.8. The SMILES string of the molecule is CC/C=C\C/C=C\C/C=C\C/C=C\C/C=C\C/C=C\C/C=C\C/C=C\C/C=C\CCCCCCCCCCCC(=O)NC(COC1OC(CO)C(OC2OC(CO)C(O)C(O)C2O)C(O)C1O)C(O)/C=C/CC/C=C/CCCCCCCCCCCCCCC. The number of allylic oxidation sites excluding steroid dienone is 21. The number of nitrogens with one attached hydrogen (secondary N) is 1. The highest BCUT2D eigenvalue weighted by molar-refractivity contribution is 5.76. The summed E-state index contributed by atoms with van der Waals surface area (Å²) in [5.41, 5.74) is 0. The molecule has 2 saturated heterocycles. The third kappa shape index (κ3) is 42.4. The molecule has 514 valence electrons. The predicted molar refractivity (Wildman–Crippen MR) is 368 cm³/mol. The second-order valence-corrected chi connectivity index (χ2v) is 24.3. The van der Waals surface area contributed by atoms with Crippen molar-refractivity contribution in [3.8, 4) is 0 Å². The molecule has 14 heteroatoms. The molecule has 12 unspecified atom stereocenters. The molecule has 2 aliphatic heterocycles. The maximum atomic E-state index is 13.3. The van der Waals surface area contributed by atoms with Gasteiger partial charge in [-0.1, -0.05) is 270 Å². The summed E-state index contributed by atoms with van der Waals surface area (Å²) in [4.78, 5) is 13.3. The Kier molecular flexibility index (Phi) is 53.8. The number of hydrogen-bond acceptors (Lipinski definition) is 13. The largest absolute Gasteiger partial charge is 0.394 e. The molecular weight excluding hydrogens is 1130 g/mol. The van der Waals surface area contributed by atoms with Gasteiger partial charge in [-0.25, -0.2) is 0 Å². The number of hydrogen-bond donors (Lipinski definition) is 9. The van der Waals surface area contributed by atoms with Crippen LogP contribution in [0, 0.1) is 0 Å². The number of aliphatic hydroxyl groups is 8. The van der Waals surface area contributed by atoms with Crippen LogP contribution in [0.4, 0.5) is 0 Å². The maximum absolute atomic E-state index is 13.3. The van der Waals surface area contributed by atoms with Gasteiger partial charge in [-0.2, -0.15) is 0 Å². The molecule has 0 spiro atoms. The van der Waals surface area contributed by atoms with Gasteiger partial charge < -0.3 is 65.1 Å². The van der Waals surface area contributed by atoms with Crippen molar-refractivity contribution in [3.63, 3.8) is 0 Å². The molecule has 2 fully saturated rings. The fourth-order valence-electron chi connectivity index (χ4n) is 10.7. The predicted octanol–water partition coefficient (Wildman–Crippen LogP) is 14.7. The minimum Gasteiger partial charge on any atom is -0.394 e. The molecule has 2 aliphatic rings. The number of amides is 1. The van der Waals surface area contributed by atoms with E-state index in [9.17, 15) is 45.6 Å². The van der Waals surface area contributed by atoms with Crippen LogP contribution in [0.5, 0.6) is 0 Å². The van der Waals surface area contributed by atoms with Gasteiger partial charge in [0, 0.05) is 6.42 Å². The normalized spacial score (nSPS) is 23.8. The number of unbranched alkanes of at least 4 members (excludes halogenated alkanes) is 23. The van der Waals surface area contributed by atoms with Gasteiger partial charge in [-0.15, -0.1) is 0 Å². The highest BCUT2D eigenvalue weighted by atomic mass is 16.7. The molecule has 2 heterocycles. The molecule has 14 nitrogen and oxygen atoms in total. The molecule has 2 rings (SSSR count). The summed E-state index contributed by atoms with van der Waals surface area (Å²) in [6.07, 6.45) is 70.7. The van der Waals surface area contributed by atoms with Gasteiger partial charge in [-0.05, 0) is 103 Å². The highest BCUT2D eigenvalue weighted by Gasteiger charge is 2.51. The number of rotatable bonds is 56. The van der Waals surface area contributed by atoms with Crippen LogP contribution < -0.4 is 5.32 Å². The van der Waals surface area contributed by atoms with E-state index in [1.807, 2.05) is 6.08 Å². The first-order valence-corrected chi connectivity index (χ1v) is 35.4. The summed E-state index contributed by atoms with van der Waals surface area (Å²) in [6.45, 7) is 2.66. The van der Waals surface area contributed by atoms with E-state index < -0.39 is 86.8 Å². The number of ether oxygens (including phenoxy) is 4. The summed E-state index contributed by atoms with van der Waals surface area (Å²) in [5.74, 6) is -0.260. The second kappa shape index (κ2) is 58.9. The van der Waals surface area contributed by atoms with Crippen LogP contribution in [0.3, 0.4) is 0 Å². The van der Waals surface area contributed by atoms with Crippen molar-refractivity contribution in [2.24, 2.45) is 0 Å². The van der Waals surface area contributed by atoms with Crippen LogP contribution in [0.15, 0.2) is 134 Å². The van der Waals surface area contributed by atoms with Crippen LogP contribution >= 0.6 is 0 Å². The lowest BCUT2D eigenvalue weighted by molar-refractivity contribution is -0.359. The topological polar surface area (TPSA) is 228 Å². The van der Waals surface area contributed by atoms with Crippen LogP contribution in [0.25, 0.3) is 0 Å². The van der Waals surface area contributed by atoms with Crippen LogP contribution in [-0.4, -0.2) is 140 Å². The minimum atomic E-state index is -1.80. The van der Waals surface area contributed by atoms with Gasteiger partial charge in [0.1, 0.15) is 48.8 Å². The third-order valence-electron chi connectivity index (χ3n) is 16.3. The summed E-state index contributed by atoms with van der Waals surface area (Å²) in [7, 11) is 0. The van der Waals surface area contributed by atoms with E-state index in [1.54, 1.807) is 6.08 Å². The summed E-state index contributed by atoms with van der Waals surface area (Å²) in [5, 5.41) is 87.4. The summed E-state index contributed by atoms with van der Waals surface area (Å²) in [6, 6.07) is -0.945. The number of aliphatic hydroxyl groups excluding tert-OH is 8. The zero-order valence-electron chi connectivity index (χ0n) is 55.8. The standard InChI is InChI=1S/C76H127NO13/c1-3-5-7-9-11-13-15-17-19-21-23-24-25-26-27-28-29-30-31-32-33-34-35-36-37-38-39-40-42-44-46-48-50-52-54-56-58-60-68(81)77-64(65(80)59-57-55-53-51-49-47-45-43-41-22-20-18-16-14-12-10-8-6-4-2)63-87-75-73(86)71(84)74(67(62-79)89-75)90-76-72(85)70(83)69(82)66(61-78)88-76/h5,7,11,13,17,19,23-24,26-27,29-30,32-33,35-36,38-39,49,51,57,59,64-67,69-76,78-80,82-86H,3-4,6,8-10,12,14-16,18,20-22,25,28,31,34,37,40-48,50,52-56,58,60-63H2,1-2H3,(H,77,81)/b7-5-,13-11-,19-17-,24-23-,27-26-,30-29-,33-32-,36-35-,39-38-,51-49+,59-57+. The second-order valence-electron chi connectivity index (χ2n) is 24.3. The molecule has 1 amide bonds. The zero-order chi connectivity index (χ0) is 65.2. The fraction of sp³-hybridized carbons (Fsp3) is 0.697. The first-order chi connectivity index (χ1) is 44.1.